The highest BCUT2D eigenvalue weighted by atomic mass is 79.9. The van der Waals surface area contributed by atoms with E-state index in [0.717, 1.165) is 72.4 Å². The third-order valence-electron chi connectivity index (χ3n) is 6.21. The van der Waals surface area contributed by atoms with E-state index in [0.29, 0.717) is 6.54 Å². The molecule has 0 radical (unpaired) electrons. The van der Waals surface area contributed by atoms with Crippen molar-refractivity contribution >= 4 is 33.3 Å². The van der Waals surface area contributed by atoms with Gasteiger partial charge in [-0.1, -0.05) is 32.8 Å². The number of halogens is 1. The van der Waals surface area contributed by atoms with E-state index in [2.05, 4.69) is 56.1 Å². The van der Waals surface area contributed by atoms with Gasteiger partial charge in [0.25, 0.3) is 0 Å². The van der Waals surface area contributed by atoms with Gasteiger partial charge < -0.3 is 10.2 Å². The number of carbonyl (C=O) groups is 1. The molecule has 0 aromatic carbocycles. The van der Waals surface area contributed by atoms with Gasteiger partial charge in [-0.15, -0.1) is 0 Å². The van der Waals surface area contributed by atoms with Crippen molar-refractivity contribution < 1.29 is 4.79 Å². The number of nitrogens with one attached hydrogen (secondary N) is 1. The first-order valence-corrected chi connectivity index (χ1v) is 12.3. The Kier molecular flexibility index (Phi) is 7.40. The summed E-state index contributed by atoms with van der Waals surface area (Å²) in [5.41, 5.74) is 2.89. The quantitative estimate of drug-likeness (QED) is 0.471. The minimum absolute atomic E-state index is 0.0878. The fourth-order valence-corrected chi connectivity index (χ4v) is 4.70. The molecule has 8 heteroatoms. The molecule has 7 nitrogen and oxygen atoms in total. The number of nitrogens with zero attached hydrogens (tertiary/aromatic N) is 5. The second-order valence-electron chi connectivity index (χ2n) is 8.68. The Morgan fingerprint density at radius 3 is 3.03 bits per heavy atom. The van der Waals surface area contributed by atoms with Gasteiger partial charge in [0.15, 0.2) is 5.65 Å². The molecule has 1 aliphatic heterocycles. The minimum atomic E-state index is 0.0878. The molecule has 2 atom stereocenters. The summed E-state index contributed by atoms with van der Waals surface area (Å²) in [5.74, 6) is 1.48. The van der Waals surface area contributed by atoms with E-state index in [-0.39, 0.29) is 17.7 Å². The topological polar surface area (TPSA) is 75.4 Å². The number of piperidine rings is 1. The molecule has 0 saturated carbocycles. The summed E-state index contributed by atoms with van der Waals surface area (Å²) < 4.78 is 2.68. The Morgan fingerprint density at radius 2 is 2.25 bits per heavy atom. The SMILES string of the molecule is CCCCC(C)C(=O)N1CCCC(c2cc(NCc3cccnc3)n3ncc(Br)c3n2)C1. The van der Waals surface area contributed by atoms with E-state index in [1.807, 2.05) is 22.8 Å². The predicted octanol–water partition coefficient (Wildman–Crippen LogP) is 5.03. The lowest BCUT2D eigenvalue weighted by molar-refractivity contribution is -0.136. The van der Waals surface area contributed by atoms with Gasteiger partial charge in [-0.05, 0) is 46.8 Å². The number of carbonyl (C=O) groups excluding carboxylic acids is 1. The summed E-state index contributed by atoms with van der Waals surface area (Å²) in [6.45, 7) is 6.46. The van der Waals surface area contributed by atoms with Crippen LogP contribution in [0.2, 0.25) is 0 Å². The predicted molar refractivity (Wildman–Crippen MR) is 129 cm³/mol. The van der Waals surface area contributed by atoms with Gasteiger partial charge in [0.2, 0.25) is 5.91 Å². The molecule has 2 unspecified atom stereocenters. The van der Waals surface area contributed by atoms with Gasteiger partial charge in [0, 0.05) is 49.9 Å². The molecule has 0 bridgehead atoms. The number of hydrogen-bond acceptors (Lipinski definition) is 5. The second-order valence-corrected chi connectivity index (χ2v) is 9.53. The number of pyridine rings is 1. The zero-order valence-corrected chi connectivity index (χ0v) is 20.4. The van der Waals surface area contributed by atoms with E-state index in [1.165, 1.54) is 0 Å². The normalized spacial score (nSPS) is 17.5. The average molecular weight is 499 g/mol. The summed E-state index contributed by atoms with van der Waals surface area (Å²) in [6.07, 6.45) is 10.6. The Morgan fingerprint density at radius 1 is 1.38 bits per heavy atom. The molecular weight excluding hydrogens is 468 g/mol. The molecule has 4 rings (SSSR count). The summed E-state index contributed by atoms with van der Waals surface area (Å²) in [5, 5.41) is 7.97. The van der Waals surface area contributed by atoms with E-state index in [4.69, 9.17) is 4.98 Å². The number of likely N-dealkylation sites (tertiary alicyclic amines) is 1. The van der Waals surface area contributed by atoms with E-state index in [9.17, 15) is 4.79 Å². The monoisotopic (exact) mass is 498 g/mol. The standard InChI is InChI=1S/C24H31BrN6O/c1-3-4-7-17(2)24(32)30-11-6-9-19(16-30)21-12-22(27-14-18-8-5-10-26-13-18)31-23(29-21)20(25)15-28-31/h5,8,10,12-13,15,17,19,27H,3-4,6-7,9,11,14,16H2,1-2H3. The van der Waals surface area contributed by atoms with Gasteiger partial charge in [-0.3, -0.25) is 9.78 Å². The molecule has 1 amide bonds. The van der Waals surface area contributed by atoms with Crippen molar-refractivity contribution in [2.24, 2.45) is 5.92 Å². The molecule has 3 aromatic heterocycles. The number of aromatic nitrogens is 4. The highest BCUT2D eigenvalue weighted by molar-refractivity contribution is 9.10. The average Bonchev–Trinajstić information content (AvgIpc) is 3.22. The number of anilines is 1. The fourth-order valence-electron chi connectivity index (χ4n) is 4.35. The van der Waals surface area contributed by atoms with Gasteiger partial charge in [-0.25, -0.2) is 4.98 Å². The van der Waals surface area contributed by atoms with E-state index >= 15 is 0 Å². The van der Waals surface area contributed by atoms with Crippen molar-refractivity contribution in [1.82, 2.24) is 24.5 Å². The minimum Gasteiger partial charge on any atom is -0.366 e. The van der Waals surface area contributed by atoms with Crippen LogP contribution in [0.5, 0.6) is 0 Å². The number of fused-ring (bicyclic) bond motifs is 1. The first-order chi connectivity index (χ1) is 15.6. The lowest BCUT2D eigenvalue weighted by Crippen LogP contribution is -2.42. The highest BCUT2D eigenvalue weighted by Crippen LogP contribution is 2.30. The number of rotatable bonds is 8. The maximum absolute atomic E-state index is 13.0. The van der Waals surface area contributed by atoms with Crippen LogP contribution < -0.4 is 5.32 Å². The Bertz CT molecular complexity index is 1050. The second kappa shape index (κ2) is 10.4. The first kappa shape index (κ1) is 22.7. The fraction of sp³-hybridized carbons (Fsp3) is 0.500. The van der Waals surface area contributed by atoms with Crippen molar-refractivity contribution in [3.63, 3.8) is 0 Å². The number of hydrogen-bond donors (Lipinski definition) is 1. The third kappa shape index (κ3) is 5.11. The van der Waals surface area contributed by atoms with Crippen molar-refractivity contribution in [1.29, 1.82) is 0 Å². The van der Waals surface area contributed by atoms with Gasteiger partial charge >= 0.3 is 0 Å². The summed E-state index contributed by atoms with van der Waals surface area (Å²) in [6, 6.07) is 6.06. The molecule has 32 heavy (non-hydrogen) atoms. The first-order valence-electron chi connectivity index (χ1n) is 11.5. The van der Waals surface area contributed by atoms with Crippen molar-refractivity contribution in [2.45, 2.75) is 58.4 Å². The molecule has 3 aromatic rings. The van der Waals surface area contributed by atoms with Crippen LogP contribution in [0, 0.1) is 5.92 Å². The van der Waals surface area contributed by atoms with Crippen LogP contribution in [0.3, 0.4) is 0 Å². The van der Waals surface area contributed by atoms with Crippen molar-refractivity contribution in [2.75, 3.05) is 18.4 Å². The van der Waals surface area contributed by atoms with Gasteiger partial charge in [0.05, 0.1) is 16.4 Å². The third-order valence-corrected chi connectivity index (χ3v) is 6.77. The van der Waals surface area contributed by atoms with Crippen LogP contribution in [0.25, 0.3) is 5.65 Å². The summed E-state index contributed by atoms with van der Waals surface area (Å²) in [4.78, 5) is 24.2. The molecule has 0 spiro atoms. The molecule has 1 saturated heterocycles. The van der Waals surface area contributed by atoms with Crippen LogP contribution in [0.1, 0.15) is 63.1 Å². The van der Waals surface area contributed by atoms with Crippen LogP contribution in [0.15, 0.2) is 41.3 Å². The molecular formula is C24H31BrN6O. The van der Waals surface area contributed by atoms with Gasteiger partial charge in [0.1, 0.15) is 5.82 Å². The molecule has 1 aliphatic rings. The zero-order chi connectivity index (χ0) is 22.5. The summed E-state index contributed by atoms with van der Waals surface area (Å²) >= 11 is 3.59. The van der Waals surface area contributed by atoms with Gasteiger partial charge in [-0.2, -0.15) is 9.61 Å². The number of unbranched alkanes of at least 4 members (excludes halogenated alkanes) is 1. The van der Waals surface area contributed by atoms with Crippen molar-refractivity contribution in [3.05, 3.63) is 52.5 Å². The Labute approximate surface area is 197 Å². The van der Waals surface area contributed by atoms with Crippen LogP contribution >= 0.6 is 15.9 Å². The van der Waals surface area contributed by atoms with E-state index in [1.54, 1.807) is 12.4 Å². The van der Waals surface area contributed by atoms with Crippen LogP contribution in [-0.2, 0) is 11.3 Å². The molecule has 1 fully saturated rings. The molecule has 170 valence electrons. The molecule has 4 heterocycles. The maximum atomic E-state index is 13.0. The van der Waals surface area contributed by atoms with Crippen LogP contribution in [-0.4, -0.2) is 43.5 Å². The highest BCUT2D eigenvalue weighted by Gasteiger charge is 2.29. The van der Waals surface area contributed by atoms with Crippen LogP contribution in [0.4, 0.5) is 5.82 Å². The lowest BCUT2D eigenvalue weighted by atomic mass is 9.92. The summed E-state index contributed by atoms with van der Waals surface area (Å²) in [7, 11) is 0. The zero-order valence-electron chi connectivity index (χ0n) is 18.8. The van der Waals surface area contributed by atoms with E-state index < -0.39 is 0 Å². The molecule has 1 N–H and O–H groups in total. The van der Waals surface area contributed by atoms with Crippen molar-refractivity contribution in [3.8, 4) is 0 Å². The lowest BCUT2D eigenvalue weighted by Gasteiger charge is -2.34. The largest absolute Gasteiger partial charge is 0.366 e. The smallest absolute Gasteiger partial charge is 0.225 e. The number of amides is 1. The maximum Gasteiger partial charge on any atom is 0.225 e. The Balaban J connectivity index is 1.55. The molecule has 0 aliphatic carbocycles. The Hall–Kier alpha value is -2.48.